The first-order valence-electron chi connectivity index (χ1n) is 9.07. The van der Waals surface area contributed by atoms with Gasteiger partial charge in [-0.1, -0.05) is 40.5 Å². The van der Waals surface area contributed by atoms with E-state index in [0.29, 0.717) is 17.8 Å². The van der Waals surface area contributed by atoms with Crippen LogP contribution in [0.1, 0.15) is 98.8 Å². The van der Waals surface area contributed by atoms with Crippen molar-refractivity contribution in [3.05, 3.63) is 0 Å². The van der Waals surface area contributed by atoms with Crippen LogP contribution < -0.4 is 0 Å². The monoisotopic (exact) mass is 284 g/mol. The zero-order valence-electron chi connectivity index (χ0n) is 14.6. The van der Waals surface area contributed by atoms with Crippen LogP contribution in [0.4, 0.5) is 4.39 Å². The minimum atomic E-state index is -0.958. The van der Waals surface area contributed by atoms with Gasteiger partial charge in [-0.2, -0.15) is 0 Å². The molecule has 120 valence electrons. The van der Waals surface area contributed by atoms with Gasteiger partial charge in [0.15, 0.2) is 0 Å². The lowest BCUT2D eigenvalue weighted by molar-refractivity contribution is 0.0694. The predicted octanol–water partition coefficient (Wildman–Crippen LogP) is 6.93. The molecule has 0 aromatic heterocycles. The van der Waals surface area contributed by atoms with Crippen molar-refractivity contribution in [1.82, 2.24) is 0 Å². The predicted molar refractivity (Wildman–Crippen MR) is 87.8 cm³/mol. The number of halogens is 1. The molecule has 1 aliphatic rings. The molecule has 0 spiro atoms. The molecule has 1 aliphatic carbocycles. The quantitative estimate of drug-likeness (QED) is 0.453. The highest BCUT2D eigenvalue weighted by molar-refractivity contribution is 4.88. The van der Waals surface area contributed by atoms with Gasteiger partial charge in [0.25, 0.3) is 0 Å². The molecule has 0 N–H and O–H groups in total. The summed E-state index contributed by atoms with van der Waals surface area (Å²) in [6, 6.07) is 0. The first kappa shape index (κ1) is 18.0. The molecule has 1 heteroatoms. The van der Waals surface area contributed by atoms with E-state index in [4.69, 9.17) is 0 Å². The number of alkyl halides is 1. The first-order chi connectivity index (χ1) is 9.38. The maximum absolute atomic E-state index is 14.2. The molecule has 0 aromatic carbocycles. The normalized spacial score (nSPS) is 24.3. The van der Waals surface area contributed by atoms with Gasteiger partial charge in [0.1, 0.15) is 5.67 Å². The van der Waals surface area contributed by atoms with Gasteiger partial charge in [-0.3, -0.25) is 0 Å². The summed E-state index contributed by atoms with van der Waals surface area (Å²) in [7, 11) is 0. The summed E-state index contributed by atoms with van der Waals surface area (Å²) >= 11 is 0. The molecule has 0 heterocycles. The Bertz CT molecular complexity index is 253. The van der Waals surface area contributed by atoms with Crippen molar-refractivity contribution in [3.63, 3.8) is 0 Å². The van der Waals surface area contributed by atoms with Crippen LogP contribution in [0.2, 0.25) is 0 Å². The SMILES string of the molecule is CCCC1(CCC)CCC(C(C)CC(C)(F)CC)CC1. The maximum atomic E-state index is 14.2. The lowest BCUT2D eigenvalue weighted by atomic mass is 9.63. The molecule has 0 aliphatic heterocycles. The molecular weight excluding hydrogens is 247 g/mol. The number of rotatable bonds is 8. The van der Waals surface area contributed by atoms with Gasteiger partial charge >= 0.3 is 0 Å². The van der Waals surface area contributed by atoms with Crippen LogP contribution in [0.25, 0.3) is 0 Å². The Morgan fingerprint density at radius 3 is 2.00 bits per heavy atom. The van der Waals surface area contributed by atoms with Crippen molar-refractivity contribution in [3.8, 4) is 0 Å². The van der Waals surface area contributed by atoms with Gasteiger partial charge < -0.3 is 0 Å². The minimum absolute atomic E-state index is 0.547. The van der Waals surface area contributed by atoms with Crippen LogP contribution >= 0.6 is 0 Å². The summed E-state index contributed by atoms with van der Waals surface area (Å²) in [5.41, 5.74) is -0.329. The Kier molecular flexibility index (Phi) is 7.01. The molecule has 0 radical (unpaired) electrons. The summed E-state index contributed by atoms with van der Waals surface area (Å²) in [6.07, 6.45) is 12.3. The highest BCUT2D eigenvalue weighted by Crippen LogP contribution is 2.48. The Morgan fingerprint density at radius 2 is 1.60 bits per heavy atom. The van der Waals surface area contributed by atoms with Crippen molar-refractivity contribution in [2.75, 3.05) is 0 Å². The minimum Gasteiger partial charge on any atom is -0.244 e. The molecule has 1 fully saturated rings. The second-order valence-electron chi connectivity index (χ2n) is 7.79. The van der Waals surface area contributed by atoms with Gasteiger partial charge in [0, 0.05) is 0 Å². The van der Waals surface area contributed by atoms with Crippen molar-refractivity contribution in [2.24, 2.45) is 17.3 Å². The van der Waals surface area contributed by atoms with Crippen molar-refractivity contribution < 1.29 is 4.39 Å². The summed E-state index contributed by atoms with van der Waals surface area (Å²) in [5, 5.41) is 0. The van der Waals surface area contributed by atoms with Crippen LogP contribution in [0, 0.1) is 17.3 Å². The van der Waals surface area contributed by atoms with E-state index in [1.165, 1.54) is 51.4 Å². The lowest BCUT2D eigenvalue weighted by Crippen LogP contribution is -2.32. The average Bonchev–Trinajstić information content (AvgIpc) is 2.39. The fourth-order valence-corrected chi connectivity index (χ4v) is 4.49. The van der Waals surface area contributed by atoms with Crippen LogP contribution in [-0.4, -0.2) is 5.67 Å². The molecule has 0 nitrogen and oxygen atoms in total. The Hall–Kier alpha value is -0.0700. The largest absolute Gasteiger partial charge is 0.244 e. The van der Waals surface area contributed by atoms with E-state index >= 15 is 0 Å². The zero-order chi connectivity index (χ0) is 15.2. The van der Waals surface area contributed by atoms with Gasteiger partial charge in [0.05, 0.1) is 0 Å². The van der Waals surface area contributed by atoms with Crippen LogP contribution in [0.3, 0.4) is 0 Å². The van der Waals surface area contributed by atoms with E-state index < -0.39 is 5.67 Å². The Labute approximate surface area is 126 Å². The standard InChI is InChI=1S/C19H37F/c1-6-11-19(12-7-2)13-9-17(10-14-19)16(4)15-18(5,20)8-3/h16-17H,6-15H2,1-5H3. The fraction of sp³-hybridized carbons (Fsp3) is 1.00. The molecule has 0 bridgehead atoms. The summed E-state index contributed by atoms with van der Waals surface area (Å²) in [5.74, 6) is 1.31. The van der Waals surface area contributed by atoms with Crippen molar-refractivity contribution >= 4 is 0 Å². The highest BCUT2D eigenvalue weighted by Gasteiger charge is 2.36. The number of hydrogen-bond acceptors (Lipinski definition) is 0. The van der Waals surface area contributed by atoms with Gasteiger partial charge in [-0.25, -0.2) is 4.39 Å². The summed E-state index contributed by atoms with van der Waals surface area (Å²) in [4.78, 5) is 0. The van der Waals surface area contributed by atoms with Gasteiger partial charge in [-0.05, 0) is 75.5 Å². The van der Waals surface area contributed by atoms with Crippen LogP contribution in [-0.2, 0) is 0 Å². The first-order valence-corrected chi connectivity index (χ1v) is 9.07. The third-order valence-electron chi connectivity index (χ3n) is 5.94. The van der Waals surface area contributed by atoms with Gasteiger partial charge in [-0.15, -0.1) is 0 Å². The van der Waals surface area contributed by atoms with E-state index in [1.807, 2.05) is 6.92 Å². The van der Waals surface area contributed by atoms with Gasteiger partial charge in [0.2, 0.25) is 0 Å². The van der Waals surface area contributed by atoms with Crippen molar-refractivity contribution in [2.45, 2.75) is 104 Å². The van der Waals surface area contributed by atoms with E-state index in [9.17, 15) is 4.39 Å². The van der Waals surface area contributed by atoms with E-state index in [0.717, 1.165) is 12.3 Å². The maximum Gasteiger partial charge on any atom is 0.108 e. The van der Waals surface area contributed by atoms with Crippen LogP contribution in [0.5, 0.6) is 0 Å². The molecular formula is C19H37F. The lowest BCUT2D eigenvalue weighted by Gasteiger charge is -2.43. The third-order valence-corrected chi connectivity index (χ3v) is 5.94. The molecule has 0 saturated heterocycles. The Morgan fingerprint density at radius 1 is 1.10 bits per heavy atom. The van der Waals surface area contributed by atoms with Crippen LogP contribution in [0.15, 0.2) is 0 Å². The molecule has 1 rings (SSSR count). The highest BCUT2D eigenvalue weighted by atomic mass is 19.1. The summed E-state index contributed by atoms with van der Waals surface area (Å²) < 4.78 is 14.2. The van der Waals surface area contributed by atoms with E-state index in [2.05, 4.69) is 20.8 Å². The molecule has 0 aromatic rings. The molecule has 0 amide bonds. The fourth-order valence-electron chi connectivity index (χ4n) is 4.49. The van der Waals surface area contributed by atoms with E-state index in [1.54, 1.807) is 6.92 Å². The third kappa shape index (κ3) is 5.04. The second kappa shape index (κ2) is 7.80. The number of hydrogen-bond donors (Lipinski definition) is 0. The zero-order valence-corrected chi connectivity index (χ0v) is 14.6. The average molecular weight is 285 g/mol. The molecule has 1 saturated carbocycles. The second-order valence-corrected chi connectivity index (χ2v) is 7.79. The van der Waals surface area contributed by atoms with Crippen molar-refractivity contribution in [1.29, 1.82) is 0 Å². The molecule has 2 unspecified atom stereocenters. The molecule has 2 atom stereocenters. The topological polar surface area (TPSA) is 0 Å². The Balaban J connectivity index is 2.51. The summed E-state index contributed by atoms with van der Waals surface area (Å²) in [6.45, 7) is 10.7. The smallest absolute Gasteiger partial charge is 0.108 e. The molecule has 20 heavy (non-hydrogen) atoms. The van der Waals surface area contributed by atoms with E-state index in [-0.39, 0.29) is 0 Å².